The molecule has 6 heteroatoms. The van der Waals surface area contributed by atoms with E-state index in [1.807, 2.05) is 0 Å². The Balaban J connectivity index is 3.39. The van der Waals surface area contributed by atoms with Crippen molar-refractivity contribution in [3.8, 4) is 0 Å². The quantitative estimate of drug-likeness (QED) is 0.0320. The van der Waals surface area contributed by atoms with Crippen molar-refractivity contribution in [1.82, 2.24) is 5.32 Å². The average Bonchev–Trinajstić information content (AvgIpc) is 3.44. The van der Waals surface area contributed by atoms with Gasteiger partial charge in [0.05, 0.1) is 25.4 Å². The fraction of sp³-hybridized carbons (Fsp3) is 0.889. The van der Waals surface area contributed by atoms with Crippen LogP contribution in [0.3, 0.4) is 0 Å². The second-order valence-corrected chi connectivity index (χ2v) is 24.2. The van der Waals surface area contributed by atoms with Gasteiger partial charge in [-0.1, -0.05) is 333 Å². The number of hydrogen-bond donors (Lipinski definition) is 3. The number of unbranched alkanes of at least 4 members (excludes halogenated alkanes) is 49. The molecule has 0 fully saturated rings. The van der Waals surface area contributed by atoms with Gasteiger partial charge >= 0.3 is 5.97 Å². The molecule has 0 rings (SSSR count). The SMILES string of the molecule is CCCC/C=C\C/C=C\CCCCCCCC(=O)OCCCCCCCCCCCCCC/C=C\CCCCCCCCCCCCCC(=O)NC(CO)C(O)CCCCCCCCCCCCCCCCCCCCCC. The zero-order valence-electron chi connectivity index (χ0n) is 52.7. The number of esters is 1. The minimum Gasteiger partial charge on any atom is -0.466 e. The second kappa shape index (κ2) is 67.6. The van der Waals surface area contributed by atoms with Crippen LogP contribution in [0.1, 0.15) is 386 Å². The lowest BCUT2D eigenvalue weighted by atomic mass is 10.0. The van der Waals surface area contributed by atoms with Gasteiger partial charge in [-0.15, -0.1) is 0 Å². The molecule has 0 radical (unpaired) electrons. The van der Waals surface area contributed by atoms with E-state index < -0.39 is 12.1 Å². The van der Waals surface area contributed by atoms with E-state index >= 15 is 0 Å². The molecule has 0 aliphatic carbocycles. The van der Waals surface area contributed by atoms with Gasteiger partial charge in [0.15, 0.2) is 0 Å². The van der Waals surface area contributed by atoms with E-state index in [1.54, 1.807) is 0 Å². The number of ether oxygens (including phenoxy) is 1. The summed E-state index contributed by atoms with van der Waals surface area (Å²) in [5.74, 6) is -0.0313. The highest BCUT2D eigenvalue weighted by atomic mass is 16.5. The lowest BCUT2D eigenvalue weighted by Gasteiger charge is -2.22. The van der Waals surface area contributed by atoms with Crippen molar-refractivity contribution < 1.29 is 24.5 Å². The monoisotopic (exact) mass is 1100 g/mol. The van der Waals surface area contributed by atoms with Crippen molar-refractivity contribution in [2.45, 2.75) is 398 Å². The van der Waals surface area contributed by atoms with Gasteiger partial charge < -0.3 is 20.3 Å². The summed E-state index contributed by atoms with van der Waals surface area (Å²) >= 11 is 0. The molecule has 0 aromatic heterocycles. The summed E-state index contributed by atoms with van der Waals surface area (Å²) in [7, 11) is 0. The first-order valence-corrected chi connectivity index (χ1v) is 35.2. The predicted octanol–water partition coefficient (Wildman–Crippen LogP) is 22.7. The van der Waals surface area contributed by atoms with E-state index in [9.17, 15) is 19.8 Å². The summed E-state index contributed by atoms with van der Waals surface area (Å²) in [5.41, 5.74) is 0. The Labute approximate surface area is 487 Å². The lowest BCUT2D eigenvalue weighted by molar-refractivity contribution is -0.143. The topological polar surface area (TPSA) is 95.9 Å². The number of carbonyl (C=O) groups excluding carboxylic acids is 2. The molecule has 2 unspecified atom stereocenters. The summed E-state index contributed by atoms with van der Waals surface area (Å²) in [6, 6.07) is -0.543. The maximum atomic E-state index is 12.5. The number of aliphatic hydroxyl groups excluding tert-OH is 2. The van der Waals surface area contributed by atoms with Gasteiger partial charge in [0, 0.05) is 12.8 Å². The van der Waals surface area contributed by atoms with Crippen LogP contribution in [0, 0.1) is 0 Å². The van der Waals surface area contributed by atoms with Crippen molar-refractivity contribution in [3.05, 3.63) is 36.5 Å². The molecule has 0 aromatic carbocycles. The molecule has 0 spiro atoms. The Bertz CT molecular complexity index is 1260. The van der Waals surface area contributed by atoms with Gasteiger partial charge in [0.2, 0.25) is 5.91 Å². The molecule has 0 heterocycles. The van der Waals surface area contributed by atoms with E-state index in [1.165, 1.54) is 302 Å². The number of carbonyl (C=O) groups is 2. The number of hydrogen-bond acceptors (Lipinski definition) is 5. The molecular weight excluding hydrogens is 959 g/mol. The molecule has 0 aliphatic rings. The highest BCUT2D eigenvalue weighted by Crippen LogP contribution is 2.19. The van der Waals surface area contributed by atoms with Gasteiger partial charge in [-0.25, -0.2) is 0 Å². The van der Waals surface area contributed by atoms with E-state index in [4.69, 9.17) is 4.74 Å². The number of rotatable bonds is 66. The van der Waals surface area contributed by atoms with Gasteiger partial charge in [0.1, 0.15) is 0 Å². The molecular formula is C72H137NO5. The molecule has 0 aromatic rings. The van der Waals surface area contributed by atoms with E-state index in [0.29, 0.717) is 25.9 Å². The molecule has 0 saturated heterocycles. The first-order chi connectivity index (χ1) is 38.5. The minimum absolute atomic E-state index is 0.000881. The van der Waals surface area contributed by atoms with Crippen LogP contribution < -0.4 is 5.32 Å². The standard InChI is InChI=1S/C72H137NO5/c1-3-5-7-9-11-13-15-17-19-20-21-31-34-37-40-44-48-52-56-60-64-70(75)69(68-74)73-71(76)65-61-57-53-49-45-41-38-35-32-29-27-25-23-22-24-26-28-30-33-36-39-43-47-51-55-59-63-67-78-72(77)66-62-58-54-50-46-42-18-16-14-12-10-8-6-4-2/h10,12,16,18,22-23,69-70,74-75H,3-9,11,13-15,17,19-21,24-68H2,1-2H3,(H,73,76)/b12-10-,18-16-,23-22-. The third-order valence-corrected chi connectivity index (χ3v) is 16.4. The van der Waals surface area contributed by atoms with Crippen molar-refractivity contribution in [1.29, 1.82) is 0 Å². The molecule has 78 heavy (non-hydrogen) atoms. The summed E-state index contributed by atoms with van der Waals surface area (Å²) in [6.45, 7) is 4.94. The zero-order chi connectivity index (χ0) is 56.4. The molecule has 6 nitrogen and oxygen atoms in total. The number of amides is 1. The minimum atomic E-state index is -0.666. The predicted molar refractivity (Wildman–Crippen MR) is 343 cm³/mol. The normalized spacial score (nSPS) is 12.7. The Kier molecular flexibility index (Phi) is 65.9. The van der Waals surface area contributed by atoms with Gasteiger partial charge in [-0.05, 0) is 77.0 Å². The van der Waals surface area contributed by atoms with Crippen LogP contribution >= 0.6 is 0 Å². The van der Waals surface area contributed by atoms with Gasteiger partial charge in [0.25, 0.3) is 0 Å². The summed E-state index contributed by atoms with van der Waals surface area (Å²) < 4.78 is 5.48. The maximum absolute atomic E-state index is 12.5. The molecule has 2 atom stereocenters. The summed E-state index contributed by atoms with van der Waals surface area (Å²) in [4.78, 5) is 24.6. The van der Waals surface area contributed by atoms with Crippen LogP contribution in [-0.2, 0) is 14.3 Å². The first kappa shape index (κ1) is 76.1. The van der Waals surface area contributed by atoms with Crippen LogP contribution in [0.4, 0.5) is 0 Å². The Morgan fingerprint density at radius 3 is 1.03 bits per heavy atom. The van der Waals surface area contributed by atoms with Crippen molar-refractivity contribution >= 4 is 11.9 Å². The fourth-order valence-electron chi connectivity index (χ4n) is 11.0. The van der Waals surface area contributed by atoms with Crippen LogP contribution in [0.15, 0.2) is 36.5 Å². The molecule has 1 amide bonds. The van der Waals surface area contributed by atoms with Crippen LogP contribution in [-0.4, -0.2) is 47.4 Å². The largest absolute Gasteiger partial charge is 0.466 e. The number of nitrogens with one attached hydrogen (secondary N) is 1. The highest BCUT2D eigenvalue weighted by Gasteiger charge is 2.20. The van der Waals surface area contributed by atoms with Crippen molar-refractivity contribution in [2.75, 3.05) is 13.2 Å². The lowest BCUT2D eigenvalue weighted by Crippen LogP contribution is -2.45. The van der Waals surface area contributed by atoms with Gasteiger partial charge in [-0.2, -0.15) is 0 Å². The van der Waals surface area contributed by atoms with E-state index in [2.05, 4.69) is 55.6 Å². The van der Waals surface area contributed by atoms with Crippen LogP contribution in [0.2, 0.25) is 0 Å². The first-order valence-electron chi connectivity index (χ1n) is 35.2. The fourth-order valence-corrected chi connectivity index (χ4v) is 11.0. The Morgan fingerprint density at radius 1 is 0.359 bits per heavy atom. The van der Waals surface area contributed by atoms with Crippen molar-refractivity contribution in [3.63, 3.8) is 0 Å². The molecule has 460 valence electrons. The molecule has 3 N–H and O–H groups in total. The smallest absolute Gasteiger partial charge is 0.305 e. The van der Waals surface area contributed by atoms with Crippen LogP contribution in [0.25, 0.3) is 0 Å². The van der Waals surface area contributed by atoms with Crippen molar-refractivity contribution in [2.24, 2.45) is 0 Å². The molecule has 0 saturated carbocycles. The summed E-state index contributed by atoms with van der Waals surface area (Å²) in [6.07, 6.45) is 86.2. The van der Waals surface area contributed by atoms with Crippen LogP contribution in [0.5, 0.6) is 0 Å². The third kappa shape index (κ3) is 63.3. The zero-order valence-corrected chi connectivity index (χ0v) is 52.7. The Morgan fingerprint density at radius 2 is 0.654 bits per heavy atom. The summed E-state index contributed by atoms with van der Waals surface area (Å²) in [5, 5.41) is 23.4. The van der Waals surface area contributed by atoms with E-state index in [-0.39, 0.29) is 18.5 Å². The highest BCUT2D eigenvalue weighted by molar-refractivity contribution is 5.76. The number of allylic oxidation sites excluding steroid dienone is 6. The molecule has 0 aliphatic heterocycles. The van der Waals surface area contributed by atoms with E-state index in [0.717, 1.165) is 51.4 Å². The Hall–Kier alpha value is -1.92. The maximum Gasteiger partial charge on any atom is 0.305 e. The second-order valence-electron chi connectivity index (χ2n) is 24.2. The average molecular weight is 1100 g/mol. The number of aliphatic hydroxyl groups is 2. The van der Waals surface area contributed by atoms with Gasteiger partial charge in [-0.3, -0.25) is 9.59 Å². The third-order valence-electron chi connectivity index (χ3n) is 16.4. The molecule has 0 bridgehead atoms.